The second-order valence-corrected chi connectivity index (χ2v) is 8.16. The minimum Gasteiger partial charge on any atom is -0.381 e. The summed E-state index contributed by atoms with van der Waals surface area (Å²) in [5.74, 6) is 0.179. The van der Waals surface area contributed by atoms with Crippen molar-refractivity contribution in [3.63, 3.8) is 0 Å². The van der Waals surface area contributed by atoms with Crippen LogP contribution in [0.25, 0.3) is 0 Å². The van der Waals surface area contributed by atoms with Gasteiger partial charge in [-0.15, -0.1) is 11.3 Å². The highest BCUT2D eigenvalue weighted by molar-refractivity contribution is 7.09. The van der Waals surface area contributed by atoms with Crippen molar-refractivity contribution in [1.82, 2.24) is 4.90 Å². The van der Waals surface area contributed by atoms with E-state index in [9.17, 15) is 4.79 Å². The Kier molecular flexibility index (Phi) is 4.88. The molecule has 1 atom stereocenters. The van der Waals surface area contributed by atoms with Crippen molar-refractivity contribution in [2.45, 2.75) is 19.4 Å². The number of nitrogens with zero attached hydrogens (tertiary/aromatic N) is 1. The maximum atomic E-state index is 13.1. The van der Waals surface area contributed by atoms with Gasteiger partial charge in [0.1, 0.15) is 0 Å². The highest BCUT2D eigenvalue weighted by Gasteiger charge is 2.50. The molecule has 1 N–H and O–H groups in total. The second kappa shape index (κ2) is 7.28. The van der Waals surface area contributed by atoms with Crippen LogP contribution in [0.4, 0.5) is 5.69 Å². The fraction of sp³-hybridized carbons (Fsp3) is 0.450. The second-order valence-electron chi connectivity index (χ2n) is 7.13. The maximum absolute atomic E-state index is 13.1. The molecule has 2 aliphatic heterocycles. The van der Waals surface area contributed by atoms with Crippen LogP contribution in [0.2, 0.25) is 0 Å². The summed E-state index contributed by atoms with van der Waals surface area (Å²) >= 11 is 1.79. The summed E-state index contributed by atoms with van der Waals surface area (Å²) in [7, 11) is 0. The molecule has 1 spiro atoms. The lowest BCUT2D eigenvalue weighted by Gasteiger charge is -2.37. The molecule has 1 aromatic heterocycles. The lowest BCUT2D eigenvalue weighted by atomic mass is 9.71. The molecule has 2 aliphatic rings. The fourth-order valence-electron chi connectivity index (χ4n) is 4.21. The molecule has 1 amide bonds. The molecule has 4 rings (SSSR count). The number of carbonyl (C=O) groups excluding carboxylic acids is 1. The zero-order chi connectivity index (χ0) is 17.1. The molecule has 1 aromatic carbocycles. The first kappa shape index (κ1) is 16.8. The number of benzene rings is 1. The SMILES string of the molecule is O=C(Nc1ccccc1)[C@H]1CN(Cc2cccs2)CC12CCOCC2. The van der Waals surface area contributed by atoms with E-state index < -0.39 is 0 Å². The summed E-state index contributed by atoms with van der Waals surface area (Å²) in [5, 5.41) is 5.25. The number of likely N-dealkylation sites (tertiary alicyclic amines) is 1. The van der Waals surface area contributed by atoms with E-state index in [1.807, 2.05) is 30.3 Å². The van der Waals surface area contributed by atoms with Crippen LogP contribution in [0, 0.1) is 11.3 Å². The number of anilines is 1. The average Bonchev–Trinajstić information content (AvgIpc) is 3.25. The number of rotatable bonds is 4. The first-order valence-electron chi connectivity index (χ1n) is 8.94. The fourth-order valence-corrected chi connectivity index (χ4v) is 4.96. The number of nitrogens with one attached hydrogen (secondary N) is 1. The molecule has 2 aromatic rings. The van der Waals surface area contributed by atoms with Crippen LogP contribution in [-0.4, -0.2) is 37.1 Å². The Balaban J connectivity index is 1.51. The molecule has 2 saturated heterocycles. The van der Waals surface area contributed by atoms with Gasteiger partial charge in [0.05, 0.1) is 5.92 Å². The standard InChI is InChI=1S/C20H24N2O2S/c23-19(21-16-5-2-1-3-6-16)18-14-22(13-17-7-4-12-25-17)15-20(18)8-10-24-11-9-20/h1-7,12,18H,8-11,13-15H2,(H,21,23)/t18-/m1/s1. The van der Waals surface area contributed by atoms with Gasteiger partial charge >= 0.3 is 0 Å². The van der Waals surface area contributed by atoms with Crippen LogP contribution < -0.4 is 5.32 Å². The largest absolute Gasteiger partial charge is 0.381 e. The van der Waals surface area contributed by atoms with E-state index in [4.69, 9.17) is 4.74 Å². The predicted octanol–water partition coefficient (Wildman–Crippen LogP) is 3.62. The summed E-state index contributed by atoms with van der Waals surface area (Å²) in [5.41, 5.74) is 0.931. The quantitative estimate of drug-likeness (QED) is 0.910. The maximum Gasteiger partial charge on any atom is 0.229 e. The van der Waals surface area contributed by atoms with Crippen LogP contribution in [0.5, 0.6) is 0 Å². The monoisotopic (exact) mass is 356 g/mol. The van der Waals surface area contributed by atoms with Gasteiger partial charge in [-0.2, -0.15) is 0 Å². The molecule has 0 saturated carbocycles. The third-order valence-corrected chi connectivity index (χ3v) is 6.39. The van der Waals surface area contributed by atoms with Gasteiger partial charge in [0.2, 0.25) is 5.91 Å². The van der Waals surface area contributed by atoms with Crippen molar-refractivity contribution in [2.75, 3.05) is 31.6 Å². The van der Waals surface area contributed by atoms with E-state index in [1.165, 1.54) is 4.88 Å². The van der Waals surface area contributed by atoms with E-state index in [2.05, 4.69) is 27.7 Å². The number of carbonyl (C=O) groups is 1. The lowest BCUT2D eigenvalue weighted by Crippen LogP contribution is -2.42. The normalized spacial score (nSPS) is 23.0. The van der Waals surface area contributed by atoms with Crippen molar-refractivity contribution in [3.8, 4) is 0 Å². The van der Waals surface area contributed by atoms with Gasteiger partial charge in [0, 0.05) is 48.8 Å². The Morgan fingerprint density at radius 1 is 1.20 bits per heavy atom. The minimum absolute atomic E-state index is 0.0246. The Morgan fingerprint density at radius 2 is 2.00 bits per heavy atom. The summed E-state index contributed by atoms with van der Waals surface area (Å²) in [6, 6.07) is 14.1. The minimum atomic E-state index is 0.0246. The zero-order valence-corrected chi connectivity index (χ0v) is 15.1. The summed E-state index contributed by atoms with van der Waals surface area (Å²) < 4.78 is 5.60. The van der Waals surface area contributed by atoms with Gasteiger partial charge in [0.15, 0.2) is 0 Å². The first-order chi connectivity index (χ1) is 12.3. The Morgan fingerprint density at radius 3 is 2.72 bits per heavy atom. The number of amides is 1. The van der Waals surface area contributed by atoms with Gasteiger partial charge in [-0.25, -0.2) is 0 Å². The van der Waals surface area contributed by atoms with Crippen molar-refractivity contribution in [3.05, 3.63) is 52.7 Å². The van der Waals surface area contributed by atoms with E-state index in [-0.39, 0.29) is 17.2 Å². The van der Waals surface area contributed by atoms with Crippen LogP contribution in [0.1, 0.15) is 17.7 Å². The number of ether oxygens (including phenoxy) is 1. The summed E-state index contributed by atoms with van der Waals surface area (Å²) in [4.78, 5) is 16.9. The smallest absolute Gasteiger partial charge is 0.229 e. The van der Waals surface area contributed by atoms with Crippen LogP contribution in [-0.2, 0) is 16.1 Å². The average molecular weight is 356 g/mol. The molecule has 4 nitrogen and oxygen atoms in total. The van der Waals surface area contributed by atoms with E-state index in [1.54, 1.807) is 11.3 Å². The van der Waals surface area contributed by atoms with Gasteiger partial charge in [-0.05, 0) is 36.4 Å². The molecular weight excluding hydrogens is 332 g/mol. The third kappa shape index (κ3) is 3.64. The van der Waals surface area contributed by atoms with Crippen molar-refractivity contribution in [2.24, 2.45) is 11.3 Å². The van der Waals surface area contributed by atoms with Crippen molar-refractivity contribution >= 4 is 22.9 Å². The van der Waals surface area contributed by atoms with E-state index in [0.717, 1.165) is 51.4 Å². The molecule has 132 valence electrons. The molecule has 0 radical (unpaired) electrons. The van der Waals surface area contributed by atoms with E-state index >= 15 is 0 Å². The molecule has 2 fully saturated rings. The van der Waals surface area contributed by atoms with Gasteiger partial charge in [0.25, 0.3) is 0 Å². The number of thiophene rings is 1. The summed E-state index contributed by atoms with van der Waals surface area (Å²) in [6.07, 6.45) is 1.95. The molecule has 0 unspecified atom stereocenters. The Labute approximate surface area is 152 Å². The first-order valence-corrected chi connectivity index (χ1v) is 9.82. The van der Waals surface area contributed by atoms with Gasteiger partial charge in [-0.1, -0.05) is 24.3 Å². The van der Waals surface area contributed by atoms with Gasteiger partial charge in [-0.3, -0.25) is 9.69 Å². The molecule has 0 aliphatic carbocycles. The lowest BCUT2D eigenvalue weighted by molar-refractivity contribution is -0.124. The zero-order valence-electron chi connectivity index (χ0n) is 14.3. The highest BCUT2D eigenvalue weighted by Crippen LogP contribution is 2.45. The highest BCUT2D eigenvalue weighted by atomic mass is 32.1. The van der Waals surface area contributed by atoms with Crippen LogP contribution in [0.3, 0.4) is 0 Å². The topological polar surface area (TPSA) is 41.6 Å². The Bertz CT molecular complexity index is 696. The number of hydrogen-bond acceptors (Lipinski definition) is 4. The molecule has 0 bridgehead atoms. The molecule has 3 heterocycles. The summed E-state index contributed by atoms with van der Waals surface area (Å²) in [6.45, 7) is 4.29. The number of hydrogen-bond donors (Lipinski definition) is 1. The van der Waals surface area contributed by atoms with Crippen molar-refractivity contribution < 1.29 is 9.53 Å². The predicted molar refractivity (Wildman–Crippen MR) is 101 cm³/mol. The van der Waals surface area contributed by atoms with Crippen molar-refractivity contribution in [1.29, 1.82) is 0 Å². The van der Waals surface area contributed by atoms with Gasteiger partial charge < -0.3 is 10.1 Å². The molecule has 5 heteroatoms. The third-order valence-electron chi connectivity index (χ3n) is 5.52. The molecular formula is C20H24N2O2S. The Hall–Kier alpha value is -1.69. The van der Waals surface area contributed by atoms with E-state index in [0.29, 0.717) is 0 Å². The van der Waals surface area contributed by atoms with Crippen LogP contribution in [0.15, 0.2) is 47.8 Å². The molecule has 25 heavy (non-hydrogen) atoms. The van der Waals surface area contributed by atoms with Crippen LogP contribution >= 0.6 is 11.3 Å². The number of para-hydroxylation sites is 1.